The lowest BCUT2D eigenvalue weighted by molar-refractivity contribution is -0.142. The van der Waals surface area contributed by atoms with Crippen LogP contribution < -0.4 is 5.32 Å². The number of carboxylic acids is 1. The Morgan fingerprint density at radius 1 is 1.28 bits per heavy atom. The first-order chi connectivity index (χ1) is 11.5. The number of carbonyl (C=O) groups excluding carboxylic acids is 1. The molecule has 0 aromatic heterocycles. The topological polar surface area (TPSA) is 88.2 Å². The Balaban J connectivity index is 2.26. The van der Waals surface area contributed by atoms with E-state index in [2.05, 4.69) is 5.32 Å². The smallest absolute Gasteiger partial charge is 0.407 e. The van der Waals surface area contributed by atoms with Crippen LogP contribution in [0.4, 0.5) is 4.79 Å². The van der Waals surface area contributed by atoms with E-state index in [1.165, 1.54) is 0 Å². The van der Waals surface area contributed by atoms with Crippen molar-refractivity contribution in [3.63, 3.8) is 0 Å². The highest BCUT2D eigenvalue weighted by molar-refractivity contribution is 5.83. The van der Waals surface area contributed by atoms with E-state index in [1.54, 1.807) is 27.7 Å². The molecule has 1 saturated heterocycles. The first-order valence-corrected chi connectivity index (χ1v) is 8.51. The Hall–Kier alpha value is -2.08. The Morgan fingerprint density at radius 3 is 2.32 bits per heavy atom. The van der Waals surface area contributed by atoms with E-state index in [4.69, 9.17) is 9.47 Å². The van der Waals surface area contributed by atoms with Crippen LogP contribution >= 0.6 is 0 Å². The third-order valence-electron chi connectivity index (χ3n) is 4.62. The Bertz CT molecular complexity index is 639. The van der Waals surface area contributed by atoms with Crippen LogP contribution in [-0.4, -0.2) is 40.0 Å². The summed E-state index contributed by atoms with van der Waals surface area (Å²) in [5.41, 5.74) is -1.94. The summed E-state index contributed by atoms with van der Waals surface area (Å²) in [6.45, 7) is 8.76. The van der Waals surface area contributed by atoms with Crippen molar-refractivity contribution in [1.82, 2.24) is 5.32 Å². The fourth-order valence-corrected chi connectivity index (χ4v) is 3.25. The van der Waals surface area contributed by atoms with Gasteiger partial charge in [-0.3, -0.25) is 0 Å². The van der Waals surface area contributed by atoms with E-state index in [9.17, 15) is 14.7 Å². The zero-order valence-corrected chi connectivity index (χ0v) is 15.5. The monoisotopic (exact) mass is 349 g/mol. The minimum absolute atomic E-state index is 0.455. The van der Waals surface area contributed by atoms with Crippen molar-refractivity contribution in [2.24, 2.45) is 0 Å². The highest BCUT2D eigenvalue weighted by Gasteiger charge is 2.74. The van der Waals surface area contributed by atoms with Crippen molar-refractivity contribution in [2.75, 3.05) is 0 Å². The van der Waals surface area contributed by atoms with Gasteiger partial charge in [0.1, 0.15) is 11.2 Å². The molecule has 0 radical (unpaired) electrons. The molecular weight excluding hydrogens is 322 g/mol. The normalized spacial score (nSPS) is 26.6. The molecular formula is C19H27NO5. The molecule has 1 amide bonds. The third kappa shape index (κ3) is 3.95. The number of nitrogens with one attached hydrogen (secondary N) is 1. The van der Waals surface area contributed by atoms with Crippen LogP contribution in [0.1, 0.15) is 46.6 Å². The molecule has 3 atom stereocenters. The lowest BCUT2D eigenvalue weighted by Crippen LogP contribution is -2.52. The number of epoxide rings is 1. The molecule has 138 valence electrons. The number of aliphatic carboxylic acids is 1. The van der Waals surface area contributed by atoms with E-state index < -0.39 is 34.9 Å². The number of ether oxygens (including phenoxy) is 2. The van der Waals surface area contributed by atoms with Crippen LogP contribution in [0.2, 0.25) is 0 Å². The fraction of sp³-hybridized carbons (Fsp3) is 0.579. The molecule has 1 aromatic carbocycles. The minimum Gasteiger partial charge on any atom is -0.479 e. The maximum atomic E-state index is 12.3. The number of rotatable bonds is 6. The molecule has 2 rings (SSSR count). The van der Waals surface area contributed by atoms with Gasteiger partial charge in [-0.05, 0) is 46.1 Å². The summed E-state index contributed by atoms with van der Waals surface area (Å²) < 4.78 is 11.0. The number of alkyl carbamates (subject to hydrolysis) is 1. The molecule has 0 spiro atoms. The fourth-order valence-electron chi connectivity index (χ4n) is 3.25. The zero-order chi connectivity index (χ0) is 18.9. The van der Waals surface area contributed by atoms with Gasteiger partial charge < -0.3 is 19.9 Å². The third-order valence-corrected chi connectivity index (χ3v) is 4.62. The molecule has 25 heavy (non-hydrogen) atoms. The van der Waals surface area contributed by atoms with E-state index >= 15 is 0 Å². The Morgan fingerprint density at radius 2 is 1.88 bits per heavy atom. The Kier molecular flexibility index (Phi) is 5.14. The molecule has 2 unspecified atom stereocenters. The van der Waals surface area contributed by atoms with Gasteiger partial charge >= 0.3 is 12.1 Å². The van der Waals surface area contributed by atoms with Gasteiger partial charge in [0.15, 0.2) is 5.60 Å². The average molecular weight is 349 g/mol. The number of hydrogen-bond donors (Lipinski definition) is 2. The van der Waals surface area contributed by atoms with Crippen LogP contribution in [0.15, 0.2) is 30.3 Å². The first-order valence-electron chi connectivity index (χ1n) is 8.51. The summed E-state index contributed by atoms with van der Waals surface area (Å²) in [5, 5.41) is 12.4. The van der Waals surface area contributed by atoms with Crippen molar-refractivity contribution in [2.45, 2.75) is 70.3 Å². The molecule has 1 aromatic rings. The maximum absolute atomic E-state index is 12.3. The van der Waals surface area contributed by atoms with Crippen LogP contribution in [0, 0.1) is 0 Å². The zero-order valence-electron chi connectivity index (χ0n) is 15.5. The van der Waals surface area contributed by atoms with Gasteiger partial charge in [0.2, 0.25) is 0 Å². The second kappa shape index (κ2) is 6.67. The molecule has 1 fully saturated rings. The summed E-state index contributed by atoms with van der Waals surface area (Å²) in [5.74, 6) is -1.03. The highest BCUT2D eigenvalue weighted by atomic mass is 16.7. The summed E-state index contributed by atoms with van der Waals surface area (Å²) in [4.78, 5) is 24.0. The van der Waals surface area contributed by atoms with E-state index in [-0.39, 0.29) is 0 Å². The number of benzene rings is 1. The molecule has 6 heteroatoms. The summed E-state index contributed by atoms with van der Waals surface area (Å²) in [6, 6.07) is 9.08. The van der Waals surface area contributed by atoms with Crippen LogP contribution in [0.3, 0.4) is 0 Å². The number of hydrogen-bond acceptors (Lipinski definition) is 4. The van der Waals surface area contributed by atoms with Gasteiger partial charge in [0, 0.05) is 0 Å². The quantitative estimate of drug-likeness (QED) is 0.770. The van der Waals surface area contributed by atoms with Crippen LogP contribution in [0.25, 0.3) is 0 Å². The van der Waals surface area contributed by atoms with Gasteiger partial charge in [-0.1, -0.05) is 37.3 Å². The van der Waals surface area contributed by atoms with E-state index in [0.29, 0.717) is 12.8 Å². The lowest BCUT2D eigenvalue weighted by atomic mass is 9.82. The summed E-state index contributed by atoms with van der Waals surface area (Å²) >= 11 is 0. The number of amides is 1. The lowest BCUT2D eigenvalue weighted by Gasteiger charge is -2.28. The minimum atomic E-state index is -1.32. The van der Waals surface area contributed by atoms with Gasteiger partial charge in [0.25, 0.3) is 0 Å². The predicted octanol–water partition coefficient (Wildman–Crippen LogP) is 3.14. The Labute approximate surface area is 148 Å². The van der Waals surface area contributed by atoms with E-state index in [0.717, 1.165) is 5.56 Å². The summed E-state index contributed by atoms with van der Waals surface area (Å²) in [7, 11) is 0. The maximum Gasteiger partial charge on any atom is 0.407 e. The van der Waals surface area contributed by atoms with Gasteiger partial charge in [-0.25, -0.2) is 9.59 Å². The van der Waals surface area contributed by atoms with Crippen molar-refractivity contribution >= 4 is 12.1 Å². The molecule has 6 nitrogen and oxygen atoms in total. The van der Waals surface area contributed by atoms with E-state index in [1.807, 2.05) is 37.3 Å². The van der Waals surface area contributed by atoms with Crippen LogP contribution in [-0.2, 0) is 20.7 Å². The number of carboxylic acid groups (broad SMARTS) is 1. The molecule has 0 aliphatic carbocycles. The molecule has 1 heterocycles. The van der Waals surface area contributed by atoms with Gasteiger partial charge in [-0.2, -0.15) is 0 Å². The molecule has 1 aliphatic heterocycles. The highest BCUT2D eigenvalue weighted by Crippen LogP contribution is 2.53. The van der Waals surface area contributed by atoms with Crippen molar-refractivity contribution in [3.8, 4) is 0 Å². The second-order valence-electron chi connectivity index (χ2n) is 7.57. The van der Waals surface area contributed by atoms with Crippen molar-refractivity contribution in [1.29, 1.82) is 0 Å². The number of carbonyl (C=O) groups is 2. The first kappa shape index (κ1) is 19.2. The van der Waals surface area contributed by atoms with Crippen LogP contribution in [0.5, 0.6) is 0 Å². The average Bonchev–Trinajstić information content (AvgIpc) is 3.14. The van der Waals surface area contributed by atoms with Gasteiger partial charge in [0.05, 0.1) is 6.04 Å². The molecule has 0 saturated carbocycles. The van der Waals surface area contributed by atoms with Crippen molar-refractivity contribution in [3.05, 3.63) is 35.9 Å². The molecule has 0 bridgehead atoms. The molecule has 2 N–H and O–H groups in total. The largest absolute Gasteiger partial charge is 0.479 e. The standard InChI is InChI=1S/C19H27NO5/c1-6-19(18(5,25-19)15(21)22)14(12-13-10-8-7-9-11-13)20-16(23)24-17(2,3)4/h7-11,14H,6,12H2,1-5H3,(H,20,23)(H,21,22)/t14?,18-,19?/m1/s1. The molecule has 1 aliphatic rings. The van der Waals surface area contributed by atoms with Gasteiger partial charge in [-0.15, -0.1) is 0 Å². The summed E-state index contributed by atoms with van der Waals surface area (Å²) in [6.07, 6.45) is 0.337. The SMILES string of the molecule is CCC1(C(Cc2ccccc2)NC(=O)OC(C)(C)C)O[C@]1(C)C(=O)O. The predicted molar refractivity (Wildman–Crippen MR) is 93.5 cm³/mol. The van der Waals surface area contributed by atoms with Crippen molar-refractivity contribution < 1.29 is 24.2 Å². The second-order valence-corrected chi connectivity index (χ2v) is 7.57.